The van der Waals surface area contributed by atoms with Gasteiger partial charge in [0.2, 0.25) is 0 Å². The van der Waals surface area contributed by atoms with Gasteiger partial charge in [-0.3, -0.25) is 9.78 Å². The van der Waals surface area contributed by atoms with E-state index >= 15 is 0 Å². The van der Waals surface area contributed by atoms with E-state index in [1.54, 1.807) is 25.4 Å². The number of nitrogens with zero attached hydrogens (tertiary/aromatic N) is 2. The first-order valence-electron chi connectivity index (χ1n) is 8.10. The maximum absolute atomic E-state index is 13.6. The Morgan fingerprint density at radius 3 is 2.81 bits per heavy atom. The van der Waals surface area contributed by atoms with Gasteiger partial charge in [-0.2, -0.15) is 0 Å². The van der Waals surface area contributed by atoms with Crippen LogP contribution in [0, 0.1) is 6.92 Å². The number of carbonyl (C=O) groups excluding carboxylic acids is 1. The second-order valence-electron chi connectivity index (χ2n) is 5.82. The van der Waals surface area contributed by atoms with Crippen molar-refractivity contribution in [3.8, 4) is 0 Å². The Morgan fingerprint density at radius 1 is 1.42 bits per heavy atom. The zero-order chi connectivity index (χ0) is 18.8. The second kappa shape index (κ2) is 7.33. The molecule has 0 radical (unpaired) electrons. The lowest BCUT2D eigenvalue weighted by atomic mass is 10.0. The molecular weight excluding hydrogens is 358 g/mol. The second-order valence-corrected chi connectivity index (χ2v) is 6.82. The highest BCUT2D eigenvalue weighted by Gasteiger charge is 2.25. The zero-order valence-corrected chi connectivity index (χ0v) is 15.2. The number of rotatable bonds is 5. The average molecular weight is 376 g/mol. The van der Waals surface area contributed by atoms with Crippen LogP contribution in [0.25, 0.3) is 10.2 Å². The number of aryl methyl sites for hydroxylation is 1. The number of nitrogen functional groups attached to an aromatic ring is 1. The van der Waals surface area contributed by atoms with Crippen molar-refractivity contribution < 1.29 is 13.6 Å². The number of aromatic nitrogens is 2. The predicted molar refractivity (Wildman–Crippen MR) is 98.5 cm³/mol. The van der Waals surface area contributed by atoms with Crippen LogP contribution in [-0.2, 0) is 13.0 Å². The van der Waals surface area contributed by atoms with Crippen molar-refractivity contribution in [3.05, 3.63) is 51.8 Å². The summed E-state index contributed by atoms with van der Waals surface area (Å²) < 4.78 is 27.3. The molecule has 0 aliphatic carbocycles. The summed E-state index contributed by atoms with van der Waals surface area (Å²) >= 11 is 1.04. The largest absolute Gasteiger partial charge is 0.397 e. The molecule has 0 spiro atoms. The van der Waals surface area contributed by atoms with E-state index in [1.807, 2.05) is 13.0 Å². The first-order valence-corrected chi connectivity index (χ1v) is 8.92. The minimum atomic E-state index is -2.69. The monoisotopic (exact) mass is 376 g/mol. The van der Waals surface area contributed by atoms with Gasteiger partial charge in [0, 0.05) is 35.6 Å². The molecular formula is C18H18F2N4OS. The maximum atomic E-state index is 13.6. The highest BCUT2D eigenvalue weighted by Crippen LogP contribution is 2.40. The van der Waals surface area contributed by atoms with Crippen LogP contribution in [0.1, 0.15) is 45.4 Å². The summed E-state index contributed by atoms with van der Waals surface area (Å²) in [6, 6.07) is 3.60. The summed E-state index contributed by atoms with van der Waals surface area (Å²) in [5.41, 5.74) is 7.85. The highest BCUT2D eigenvalue weighted by atomic mass is 32.1. The Hall–Kier alpha value is -2.61. The third-order valence-corrected chi connectivity index (χ3v) is 5.30. The first-order chi connectivity index (χ1) is 12.4. The van der Waals surface area contributed by atoms with Gasteiger partial charge in [0.15, 0.2) is 0 Å². The zero-order valence-electron chi connectivity index (χ0n) is 14.3. The number of halogens is 2. The standard InChI is InChI=1S/C18H18F2N4OS/c1-3-11-9(2)12(16(19)20)13-14(21)15(26-18(13)24-11)17(25)23-8-10-5-4-6-22-7-10/h4-7,16H,3,8,21H2,1-2H3,(H,23,25). The summed E-state index contributed by atoms with van der Waals surface area (Å²) in [5, 5.41) is 2.93. The van der Waals surface area contributed by atoms with E-state index in [9.17, 15) is 13.6 Å². The number of carbonyl (C=O) groups is 1. The van der Waals surface area contributed by atoms with E-state index < -0.39 is 12.3 Å². The van der Waals surface area contributed by atoms with Gasteiger partial charge in [-0.05, 0) is 30.5 Å². The van der Waals surface area contributed by atoms with Crippen LogP contribution in [0.2, 0.25) is 0 Å². The fourth-order valence-corrected chi connectivity index (χ4v) is 3.92. The van der Waals surface area contributed by atoms with Crippen molar-refractivity contribution in [3.63, 3.8) is 0 Å². The Bertz CT molecular complexity index is 957. The molecule has 0 unspecified atom stereocenters. The lowest BCUT2D eigenvalue weighted by Gasteiger charge is -2.11. The average Bonchev–Trinajstić information content (AvgIpc) is 2.96. The fourth-order valence-electron chi connectivity index (χ4n) is 2.87. The highest BCUT2D eigenvalue weighted by molar-refractivity contribution is 7.21. The molecule has 0 saturated heterocycles. The molecule has 0 fully saturated rings. The van der Waals surface area contributed by atoms with Crippen LogP contribution < -0.4 is 11.1 Å². The molecule has 1 amide bonds. The predicted octanol–water partition coefficient (Wildman–Crippen LogP) is 4.01. The van der Waals surface area contributed by atoms with Crippen LogP contribution in [0.5, 0.6) is 0 Å². The van der Waals surface area contributed by atoms with Crippen molar-refractivity contribution in [2.45, 2.75) is 33.2 Å². The normalized spacial score (nSPS) is 11.3. The molecule has 0 atom stereocenters. The Balaban J connectivity index is 2.00. The van der Waals surface area contributed by atoms with Crippen LogP contribution >= 0.6 is 11.3 Å². The van der Waals surface area contributed by atoms with Crippen LogP contribution in [-0.4, -0.2) is 15.9 Å². The molecule has 0 aliphatic heterocycles. The summed E-state index contributed by atoms with van der Waals surface area (Å²) in [6.45, 7) is 3.75. The van der Waals surface area contributed by atoms with E-state index in [1.165, 1.54) is 0 Å². The van der Waals surface area contributed by atoms with Gasteiger partial charge in [0.25, 0.3) is 12.3 Å². The van der Waals surface area contributed by atoms with E-state index in [0.29, 0.717) is 22.5 Å². The smallest absolute Gasteiger partial charge is 0.264 e. The topological polar surface area (TPSA) is 80.9 Å². The molecule has 0 aliphatic rings. The van der Waals surface area contributed by atoms with Gasteiger partial charge in [-0.25, -0.2) is 13.8 Å². The number of thiophene rings is 1. The van der Waals surface area contributed by atoms with Gasteiger partial charge in [0.1, 0.15) is 9.71 Å². The van der Waals surface area contributed by atoms with Gasteiger partial charge in [-0.15, -0.1) is 11.3 Å². The molecule has 0 aromatic carbocycles. The van der Waals surface area contributed by atoms with E-state index in [0.717, 1.165) is 16.9 Å². The number of amides is 1. The van der Waals surface area contributed by atoms with Crippen molar-refractivity contribution in [1.29, 1.82) is 0 Å². The fraction of sp³-hybridized carbons (Fsp3) is 0.278. The van der Waals surface area contributed by atoms with Crippen LogP contribution in [0.3, 0.4) is 0 Å². The van der Waals surface area contributed by atoms with Crippen LogP contribution in [0.4, 0.5) is 14.5 Å². The number of nitrogens with two attached hydrogens (primary N) is 1. The van der Waals surface area contributed by atoms with Crippen molar-refractivity contribution in [1.82, 2.24) is 15.3 Å². The molecule has 136 valence electrons. The molecule has 3 rings (SSSR count). The Kier molecular flexibility index (Phi) is 5.13. The number of hydrogen-bond donors (Lipinski definition) is 2. The Morgan fingerprint density at radius 2 is 2.19 bits per heavy atom. The number of alkyl halides is 2. The molecule has 3 aromatic heterocycles. The van der Waals surface area contributed by atoms with E-state index in [-0.39, 0.29) is 28.1 Å². The van der Waals surface area contributed by atoms with Gasteiger partial charge < -0.3 is 11.1 Å². The van der Waals surface area contributed by atoms with Gasteiger partial charge in [0.05, 0.1) is 5.69 Å². The summed E-state index contributed by atoms with van der Waals surface area (Å²) in [6.07, 6.45) is 1.12. The number of anilines is 1. The summed E-state index contributed by atoms with van der Waals surface area (Å²) in [4.78, 5) is 21.5. The molecule has 5 nitrogen and oxygen atoms in total. The van der Waals surface area contributed by atoms with Crippen LogP contribution in [0.15, 0.2) is 24.5 Å². The number of nitrogens with one attached hydrogen (secondary N) is 1. The maximum Gasteiger partial charge on any atom is 0.264 e. The van der Waals surface area contributed by atoms with Gasteiger partial charge >= 0.3 is 0 Å². The quantitative estimate of drug-likeness (QED) is 0.705. The Labute approximate surface area is 153 Å². The molecule has 3 heterocycles. The summed E-state index contributed by atoms with van der Waals surface area (Å²) in [5.74, 6) is -0.412. The van der Waals surface area contributed by atoms with Crippen molar-refractivity contribution in [2.75, 3.05) is 5.73 Å². The third-order valence-electron chi connectivity index (χ3n) is 4.20. The minimum absolute atomic E-state index is 0.0576. The minimum Gasteiger partial charge on any atom is -0.397 e. The third kappa shape index (κ3) is 3.24. The van der Waals surface area contributed by atoms with Gasteiger partial charge in [-0.1, -0.05) is 13.0 Å². The lowest BCUT2D eigenvalue weighted by molar-refractivity contribution is 0.0955. The SMILES string of the molecule is CCc1nc2sc(C(=O)NCc3cccnc3)c(N)c2c(C(F)F)c1C. The van der Waals surface area contributed by atoms with Crippen molar-refractivity contribution in [2.24, 2.45) is 0 Å². The number of hydrogen-bond acceptors (Lipinski definition) is 5. The summed E-state index contributed by atoms with van der Waals surface area (Å²) in [7, 11) is 0. The van der Waals surface area contributed by atoms with E-state index in [2.05, 4.69) is 15.3 Å². The molecule has 3 N–H and O–H groups in total. The first kappa shape index (κ1) is 18.2. The molecule has 0 saturated carbocycles. The van der Waals surface area contributed by atoms with Crippen molar-refractivity contribution >= 4 is 33.1 Å². The molecule has 26 heavy (non-hydrogen) atoms. The van der Waals surface area contributed by atoms with E-state index in [4.69, 9.17) is 5.73 Å². The number of pyridine rings is 2. The molecule has 0 bridgehead atoms. The lowest BCUT2D eigenvalue weighted by Crippen LogP contribution is -2.22. The number of fused-ring (bicyclic) bond motifs is 1. The molecule has 8 heteroatoms. The molecule has 3 aromatic rings.